The fourth-order valence-electron chi connectivity index (χ4n) is 3.24. The number of furan rings is 1. The quantitative estimate of drug-likeness (QED) is 0.196. The van der Waals surface area contributed by atoms with E-state index in [9.17, 15) is 9.18 Å². The van der Waals surface area contributed by atoms with Gasteiger partial charge in [-0.05, 0) is 42.0 Å². The van der Waals surface area contributed by atoms with Gasteiger partial charge in [-0.2, -0.15) is 0 Å². The second-order valence-electron chi connectivity index (χ2n) is 6.83. The van der Waals surface area contributed by atoms with Crippen LogP contribution < -0.4 is 10.1 Å². The summed E-state index contributed by atoms with van der Waals surface area (Å²) in [6, 6.07) is 9.92. The molecule has 0 unspecified atom stereocenters. The summed E-state index contributed by atoms with van der Waals surface area (Å²) in [4.78, 5) is 12.5. The summed E-state index contributed by atoms with van der Waals surface area (Å²) >= 11 is 2.91. The van der Waals surface area contributed by atoms with E-state index in [0.717, 1.165) is 32.2 Å². The molecule has 2 heterocycles. The minimum atomic E-state index is -0.306. The molecule has 164 valence electrons. The summed E-state index contributed by atoms with van der Waals surface area (Å²) in [6.07, 6.45) is 3.13. The Morgan fingerprint density at radius 2 is 2.06 bits per heavy atom. The van der Waals surface area contributed by atoms with E-state index >= 15 is 0 Å². The van der Waals surface area contributed by atoms with Crippen LogP contribution in [-0.4, -0.2) is 29.0 Å². The maximum atomic E-state index is 13.3. The Morgan fingerprint density at radius 3 is 2.78 bits per heavy atom. The first-order valence-electron chi connectivity index (χ1n) is 9.79. The Bertz CT molecular complexity index is 1300. The van der Waals surface area contributed by atoms with Crippen molar-refractivity contribution in [1.29, 1.82) is 0 Å². The molecule has 0 spiro atoms. The lowest BCUT2D eigenvalue weighted by atomic mass is 9.99. The highest BCUT2D eigenvalue weighted by Gasteiger charge is 2.15. The van der Waals surface area contributed by atoms with E-state index in [1.54, 1.807) is 43.3 Å². The van der Waals surface area contributed by atoms with Crippen LogP contribution in [0.1, 0.15) is 19.4 Å². The third-order valence-electron chi connectivity index (χ3n) is 4.73. The summed E-state index contributed by atoms with van der Waals surface area (Å²) in [6.45, 7) is 3.86. The molecule has 0 saturated heterocycles. The monoisotopic (exact) mass is 469 g/mol. The first-order valence-corrected chi connectivity index (χ1v) is 11.6. The number of nitrogens with one attached hydrogen (secondary N) is 1. The summed E-state index contributed by atoms with van der Waals surface area (Å²) in [5, 5.41) is 12.1. The summed E-state index contributed by atoms with van der Waals surface area (Å²) in [5.41, 5.74) is 3.75. The Labute approximate surface area is 192 Å². The van der Waals surface area contributed by atoms with Crippen LogP contribution in [0.15, 0.2) is 57.5 Å². The van der Waals surface area contributed by atoms with E-state index < -0.39 is 0 Å². The molecule has 1 amide bonds. The number of ether oxygens (including phenoxy) is 1. The van der Waals surface area contributed by atoms with Crippen molar-refractivity contribution in [3.05, 3.63) is 60.1 Å². The highest BCUT2D eigenvalue weighted by atomic mass is 32.2. The van der Waals surface area contributed by atoms with Crippen molar-refractivity contribution in [3.8, 4) is 16.9 Å². The molecule has 0 saturated carbocycles. The molecule has 4 rings (SSSR count). The molecule has 0 aliphatic heterocycles. The molecule has 2 aromatic carbocycles. The van der Waals surface area contributed by atoms with Crippen LogP contribution in [0.5, 0.6) is 5.75 Å². The van der Waals surface area contributed by atoms with Crippen molar-refractivity contribution in [2.24, 2.45) is 0 Å². The average molecular weight is 470 g/mol. The van der Waals surface area contributed by atoms with Gasteiger partial charge in [0.05, 0.1) is 13.4 Å². The smallest absolute Gasteiger partial charge is 0.250 e. The third kappa shape index (κ3) is 4.68. The number of nitrogens with zero attached hydrogens (tertiary/aromatic N) is 2. The Kier molecular flexibility index (Phi) is 6.57. The molecule has 1 N–H and O–H groups in total. The Balaban J connectivity index is 1.65. The van der Waals surface area contributed by atoms with Crippen LogP contribution in [0, 0.1) is 5.82 Å². The Hall–Kier alpha value is -3.17. The minimum absolute atomic E-state index is 0.301. The molecule has 0 radical (unpaired) electrons. The predicted octanol–water partition coefficient (Wildman–Crippen LogP) is 6.25. The van der Waals surface area contributed by atoms with Gasteiger partial charge in [0.15, 0.2) is 4.34 Å². The van der Waals surface area contributed by atoms with Crippen LogP contribution in [0.4, 0.5) is 9.52 Å². The molecule has 32 heavy (non-hydrogen) atoms. The number of aromatic nitrogens is 2. The van der Waals surface area contributed by atoms with Crippen LogP contribution >= 0.6 is 23.1 Å². The number of halogens is 1. The van der Waals surface area contributed by atoms with Crippen molar-refractivity contribution >= 4 is 50.7 Å². The molecule has 6 nitrogen and oxygen atoms in total. The van der Waals surface area contributed by atoms with Gasteiger partial charge in [0, 0.05) is 28.7 Å². The van der Waals surface area contributed by atoms with E-state index in [4.69, 9.17) is 9.15 Å². The zero-order valence-electron chi connectivity index (χ0n) is 17.6. The standard InChI is InChI=1S/C23H20FN3O3S2/c1-4-31-23-27-26-22(32-23)25-21(28)9-13(2)16-10-17-18(14-5-7-15(24)8-6-14)12-30-20(17)11-19(16)29-3/h5-12H,4H2,1-3H3,(H,25,26,28)/b13-9+. The number of hydrogen-bond donors (Lipinski definition) is 1. The van der Waals surface area contributed by atoms with Gasteiger partial charge >= 0.3 is 0 Å². The number of methoxy groups -OCH3 is 1. The highest BCUT2D eigenvalue weighted by Crippen LogP contribution is 2.37. The van der Waals surface area contributed by atoms with Crippen molar-refractivity contribution in [2.45, 2.75) is 18.2 Å². The second kappa shape index (κ2) is 9.54. The van der Waals surface area contributed by atoms with Crippen molar-refractivity contribution in [2.75, 3.05) is 18.2 Å². The van der Waals surface area contributed by atoms with Gasteiger partial charge in [0.1, 0.15) is 17.1 Å². The topological polar surface area (TPSA) is 77.3 Å². The van der Waals surface area contributed by atoms with Gasteiger partial charge in [0.25, 0.3) is 0 Å². The SMILES string of the molecule is CCSc1nnc(NC(=O)/C=C(\C)c2cc3c(-c4ccc(F)cc4)coc3cc2OC)s1. The van der Waals surface area contributed by atoms with E-state index in [2.05, 4.69) is 15.5 Å². The first kappa shape index (κ1) is 22.0. The highest BCUT2D eigenvalue weighted by molar-refractivity contribution is 8.01. The summed E-state index contributed by atoms with van der Waals surface area (Å²) < 4.78 is 25.4. The largest absolute Gasteiger partial charge is 0.496 e. The van der Waals surface area contributed by atoms with Crippen molar-refractivity contribution in [3.63, 3.8) is 0 Å². The number of hydrogen-bond acceptors (Lipinski definition) is 7. The summed E-state index contributed by atoms with van der Waals surface area (Å²) in [7, 11) is 1.57. The van der Waals surface area contributed by atoms with Gasteiger partial charge in [-0.25, -0.2) is 4.39 Å². The van der Waals surface area contributed by atoms with Gasteiger partial charge in [-0.15, -0.1) is 10.2 Å². The van der Waals surface area contributed by atoms with E-state index in [1.807, 2.05) is 19.9 Å². The molecule has 2 aromatic heterocycles. The Morgan fingerprint density at radius 1 is 1.28 bits per heavy atom. The molecule has 0 atom stereocenters. The van der Waals surface area contributed by atoms with Gasteiger partial charge in [-0.3, -0.25) is 10.1 Å². The zero-order chi connectivity index (χ0) is 22.7. The predicted molar refractivity (Wildman–Crippen MR) is 127 cm³/mol. The lowest BCUT2D eigenvalue weighted by Gasteiger charge is -2.10. The first-order chi connectivity index (χ1) is 15.5. The van der Waals surface area contributed by atoms with E-state index in [-0.39, 0.29) is 11.7 Å². The molecule has 0 fully saturated rings. The maximum absolute atomic E-state index is 13.3. The fourth-order valence-corrected chi connectivity index (χ4v) is 4.89. The lowest BCUT2D eigenvalue weighted by Crippen LogP contribution is -2.08. The van der Waals surface area contributed by atoms with Crippen LogP contribution in [-0.2, 0) is 4.79 Å². The number of carbonyl (C=O) groups is 1. The number of thioether (sulfide) groups is 1. The number of fused-ring (bicyclic) bond motifs is 1. The van der Waals surface area contributed by atoms with Gasteiger partial charge < -0.3 is 9.15 Å². The normalized spacial score (nSPS) is 11.7. The molecular weight excluding hydrogens is 449 g/mol. The molecule has 4 aromatic rings. The van der Waals surface area contributed by atoms with Crippen LogP contribution in [0.3, 0.4) is 0 Å². The van der Waals surface area contributed by atoms with E-state index in [1.165, 1.54) is 29.5 Å². The maximum Gasteiger partial charge on any atom is 0.250 e. The number of benzene rings is 2. The van der Waals surface area contributed by atoms with E-state index in [0.29, 0.717) is 22.0 Å². The lowest BCUT2D eigenvalue weighted by molar-refractivity contribution is -0.111. The average Bonchev–Trinajstić information content (AvgIpc) is 3.39. The zero-order valence-corrected chi connectivity index (χ0v) is 19.3. The second-order valence-corrected chi connectivity index (χ2v) is 9.32. The molecular formula is C23H20FN3O3S2. The number of carbonyl (C=O) groups excluding carboxylic acids is 1. The van der Waals surface area contributed by atoms with Gasteiger partial charge in [0.2, 0.25) is 11.0 Å². The fraction of sp³-hybridized carbons (Fsp3) is 0.174. The number of allylic oxidation sites excluding steroid dienone is 1. The van der Waals surface area contributed by atoms with Gasteiger partial charge in [-0.1, -0.05) is 42.2 Å². The van der Waals surface area contributed by atoms with Crippen molar-refractivity contribution in [1.82, 2.24) is 10.2 Å². The number of rotatable bonds is 7. The van der Waals surface area contributed by atoms with Crippen molar-refractivity contribution < 1.29 is 18.3 Å². The molecule has 0 bridgehead atoms. The number of anilines is 1. The summed E-state index contributed by atoms with van der Waals surface area (Å²) in [5.74, 6) is 0.860. The molecule has 0 aliphatic rings. The van der Waals surface area contributed by atoms with Crippen LogP contribution in [0.25, 0.3) is 27.7 Å². The molecule has 9 heteroatoms. The number of amides is 1. The molecule has 0 aliphatic carbocycles. The third-order valence-corrected chi connectivity index (χ3v) is 6.58. The van der Waals surface area contributed by atoms with Crippen LogP contribution in [0.2, 0.25) is 0 Å². The minimum Gasteiger partial charge on any atom is -0.496 e.